The third-order valence-corrected chi connectivity index (χ3v) is 6.49. The highest BCUT2D eigenvalue weighted by Gasteiger charge is 2.24. The van der Waals surface area contributed by atoms with Gasteiger partial charge in [-0.1, -0.05) is 37.3 Å². The molecule has 154 valence electrons. The minimum absolute atomic E-state index is 0.221. The first-order chi connectivity index (χ1) is 14.5. The molecule has 2 aromatic carbocycles. The van der Waals surface area contributed by atoms with Crippen molar-refractivity contribution in [3.8, 4) is 5.75 Å². The zero-order chi connectivity index (χ0) is 21.3. The summed E-state index contributed by atoms with van der Waals surface area (Å²) in [6.45, 7) is 4.14. The predicted molar refractivity (Wildman–Crippen MR) is 120 cm³/mol. The molecule has 6 nitrogen and oxygen atoms in total. The Labute approximate surface area is 178 Å². The van der Waals surface area contributed by atoms with Crippen LogP contribution in [0.4, 0.5) is 0 Å². The number of hydrogen-bond donors (Lipinski definition) is 1. The lowest BCUT2D eigenvalue weighted by molar-refractivity contribution is -0.125. The summed E-state index contributed by atoms with van der Waals surface area (Å²) in [7, 11) is 1.61. The fraction of sp³-hybridized carbons (Fsp3) is 0.261. The fourth-order valence-electron chi connectivity index (χ4n) is 3.61. The number of hydrogen-bond acceptors (Lipinski definition) is 5. The van der Waals surface area contributed by atoms with Gasteiger partial charge in [0.2, 0.25) is 5.91 Å². The Hall–Kier alpha value is -3.19. The number of methoxy groups -OCH3 is 1. The smallest absolute Gasteiger partial charge is 0.276 e. The van der Waals surface area contributed by atoms with E-state index >= 15 is 0 Å². The maximum absolute atomic E-state index is 13.3. The number of nitrogens with zero attached hydrogens (tertiary/aromatic N) is 2. The predicted octanol–water partition coefficient (Wildman–Crippen LogP) is 4.20. The van der Waals surface area contributed by atoms with Crippen LogP contribution in [0.3, 0.4) is 0 Å². The number of amides is 1. The van der Waals surface area contributed by atoms with E-state index in [4.69, 9.17) is 4.74 Å². The second-order valence-corrected chi connectivity index (χ2v) is 8.18. The molecule has 2 heterocycles. The summed E-state index contributed by atoms with van der Waals surface area (Å²) in [6, 6.07) is 14.7. The number of rotatable bonds is 6. The van der Waals surface area contributed by atoms with Crippen molar-refractivity contribution in [1.82, 2.24) is 15.1 Å². The van der Waals surface area contributed by atoms with Crippen LogP contribution >= 0.6 is 11.3 Å². The summed E-state index contributed by atoms with van der Waals surface area (Å²) in [6.07, 6.45) is 0.467. The van der Waals surface area contributed by atoms with E-state index in [2.05, 4.69) is 10.4 Å². The van der Waals surface area contributed by atoms with E-state index in [1.807, 2.05) is 62.4 Å². The molecule has 4 rings (SSSR count). The molecule has 0 spiro atoms. The van der Waals surface area contributed by atoms with Crippen molar-refractivity contribution in [2.45, 2.75) is 32.9 Å². The minimum Gasteiger partial charge on any atom is -0.497 e. The third-order valence-electron chi connectivity index (χ3n) is 5.21. The van der Waals surface area contributed by atoms with Crippen LogP contribution < -0.4 is 15.6 Å². The van der Waals surface area contributed by atoms with Gasteiger partial charge in [0, 0.05) is 16.6 Å². The van der Waals surface area contributed by atoms with E-state index in [0.717, 1.165) is 31.8 Å². The second-order valence-electron chi connectivity index (χ2n) is 7.13. The summed E-state index contributed by atoms with van der Waals surface area (Å²) in [4.78, 5) is 26.3. The fourth-order valence-corrected chi connectivity index (χ4v) is 4.74. The molecule has 0 saturated carbocycles. The van der Waals surface area contributed by atoms with E-state index in [1.165, 1.54) is 4.68 Å². The molecule has 7 heteroatoms. The van der Waals surface area contributed by atoms with Gasteiger partial charge in [-0.25, -0.2) is 4.68 Å². The Kier molecular flexibility index (Phi) is 5.55. The van der Waals surface area contributed by atoms with Crippen molar-refractivity contribution in [2.24, 2.45) is 0 Å². The summed E-state index contributed by atoms with van der Waals surface area (Å²) in [5.41, 5.74) is 1.49. The quantitative estimate of drug-likeness (QED) is 0.507. The maximum Gasteiger partial charge on any atom is 0.276 e. The lowest BCUT2D eigenvalue weighted by Gasteiger charge is -2.17. The first kappa shape index (κ1) is 20.1. The molecule has 1 amide bonds. The highest BCUT2D eigenvalue weighted by atomic mass is 32.1. The van der Waals surface area contributed by atoms with Gasteiger partial charge in [-0.15, -0.1) is 11.3 Å². The van der Waals surface area contributed by atoms with Crippen LogP contribution in [0.15, 0.2) is 53.3 Å². The number of carbonyl (C=O) groups is 1. The zero-order valence-corrected chi connectivity index (χ0v) is 18.0. The van der Waals surface area contributed by atoms with Crippen LogP contribution in [0.25, 0.3) is 20.2 Å². The molecule has 0 radical (unpaired) electrons. The van der Waals surface area contributed by atoms with E-state index in [1.54, 1.807) is 18.4 Å². The molecule has 0 aliphatic heterocycles. The molecule has 0 unspecified atom stereocenters. The second kappa shape index (κ2) is 8.28. The van der Waals surface area contributed by atoms with Gasteiger partial charge >= 0.3 is 0 Å². The molecule has 0 aliphatic carbocycles. The molecule has 0 fully saturated rings. The van der Waals surface area contributed by atoms with Crippen molar-refractivity contribution in [3.63, 3.8) is 0 Å². The lowest BCUT2D eigenvalue weighted by Crippen LogP contribution is -2.38. The first-order valence-electron chi connectivity index (χ1n) is 9.84. The minimum atomic E-state index is -0.669. The number of benzene rings is 2. The lowest BCUT2D eigenvalue weighted by atomic mass is 10.1. The average molecular weight is 422 g/mol. The topological polar surface area (TPSA) is 73.2 Å². The summed E-state index contributed by atoms with van der Waals surface area (Å²) in [5.74, 6) is 0.542. The van der Waals surface area contributed by atoms with E-state index < -0.39 is 6.04 Å². The first-order valence-corrected chi connectivity index (χ1v) is 10.7. The largest absolute Gasteiger partial charge is 0.497 e. The Balaban J connectivity index is 1.66. The molecule has 1 N–H and O–H groups in total. The number of ether oxygens (including phenoxy) is 1. The van der Waals surface area contributed by atoms with E-state index in [-0.39, 0.29) is 11.5 Å². The normalized spacial score (nSPS) is 12.2. The van der Waals surface area contributed by atoms with Gasteiger partial charge in [0.15, 0.2) is 0 Å². The number of carbonyl (C=O) groups excluding carboxylic acids is 1. The zero-order valence-electron chi connectivity index (χ0n) is 17.1. The van der Waals surface area contributed by atoms with Crippen molar-refractivity contribution in [2.75, 3.05) is 7.11 Å². The van der Waals surface area contributed by atoms with Crippen molar-refractivity contribution in [1.29, 1.82) is 0 Å². The van der Waals surface area contributed by atoms with Gasteiger partial charge in [0.05, 0.1) is 22.9 Å². The Morgan fingerprint density at radius 3 is 2.63 bits per heavy atom. The highest BCUT2D eigenvalue weighted by molar-refractivity contribution is 7.26. The van der Waals surface area contributed by atoms with Gasteiger partial charge in [0.1, 0.15) is 11.8 Å². The molecule has 4 aromatic rings. The van der Waals surface area contributed by atoms with Gasteiger partial charge in [-0.2, -0.15) is 5.10 Å². The summed E-state index contributed by atoms with van der Waals surface area (Å²) in [5, 5.41) is 8.99. The Morgan fingerprint density at radius 1 is 1.20 bits per heavy atom. The molecule has 0 saturated heterocycles. The van der Waals surface area contributed by atoms with Crippen molar-refractivity contribution >= 4 is 37.4 Å². The number of aromatic nitrogens is 2. The van der Waals surface area contributed by atoms with Crippen LogP contribution in [0, 0.1) is 6.92 Å². The Morgan fingerprint density at radius 2 is 1.93 bits per heavy atom. The maximum atomic E-state index is 13.3. The number of aryl methyl sites for hydroxylation is 1. The van der Waals surface area contributed by atoms with Crippen LogP contribution in [0.2, 0.25) is 0 Å². The monoisotopic (exact) mass is 421 g/mol. The number of thiophene rings is 1. The standard InChI is InChI=1S/C23H23N3O3S/c1-4-18(22(27)24-13-15-9-11-16(29-3)12-10-15)26-23(28)20-17-7-5-6-8-19(17)30-21(20)14(2)25-26/h5-12,18H,4,13H2,1-3H3,(H,24,27)/t18-/m0/s1. The van der Waals surface area contributed by atoms with E-state index in [0.29, 0.717) is 18.4 Å². The molecule has 0 aliphatic rings. The van der Waals surface area contributed by atoms with Crippen LogP contribution in [0.5, 0.6) is 5.75 Å². The average Bonchev–Trinajstić information content (AvgIpc) is 3.17. The molecule has 0 bridgehead atoms. The van der Waals surface area contributed by atoms with Gasteiger partial charge in [0.25, 0.3) is 5.56 Å². The SMILES string of the molecule is CC[C@@H](C(=O)NCc1ccc(OC)cc1)n1nc(C)c2sc3ccccc3c2c1=O. The van der Waals surface area contributed by atoms with E-state index in [9.17, 15) is 9.59 Å². The van der Waals surface area contributed by atoms with Crippen LogP contribution in [-0.4, -0.2) is 22.8 Å². The van der Waals surface area contributed by atoms with Gasteiger partial charge in [-0.05, 0) is 37.1 Å². The van der Waals surface area contributed by atoms with Crippen LogP contribution in [0.1, 0.15) is 30.6 Å². The number of nitrogens with one attached hydrogen (secondary N) is 1. The third kappa shape index (κ3) is 3.57. The molecule has 2 aromatic heterocycles. The molecule has 30 heavy (non-hydrogen) atoms. The van der Waals surface area contributed by atoms with Gasteiger partial charge in [-0.3, -0.25) is 9.59 Å². The van der Waals surface area contributed by atoms with Crippen molar-refractivity contribution < 1.29 is 9.53 Å². The number of fused-ring (bicyclic) bond motifs is 3. The summed E-state index contributed by atoms with van der Waals surface area (Å²) >= 11 is 1.56. The van der Waals surface area contributed by atoms with Crippen LogP contribution in [-0.2, 0) is 11.3 Å². The summed E-state index contributed by atoms with van der Waals surface area (Å²) < 4.78 is 8.43. The Bertz CT molecular complexity index is 1270. The molecular weight excluding hydrogens is 398 g/mol. The van der Waals surface area contributed by atoms with Crippen molar-refractivity contribution in [3.05, 3.63) is 70.1 Å². The molecule has 1 atom stereocenters. The molecular formula is C23H23N3O3S. The highest BCUT2D eigenvalue weighted by Crippen LogP contribution is 2.33. The van der Waals surface area contributed by atoms with Gasteiger partial charge < -0.3 is 10.1 Å².